The molecule has 0 aliphatic rings. The molecular weight excluding hydrogens is 418 g/mol. The summed E-state index contributed by atoms with van der Waals surface area (Å²) in [4.78, 5) is 12.6. The van der Waals surface area contributed by atoms with E-state index in [1.807, 2.05) is 43.3 Å². The van der Waals surface area contributed by atoms with Gasteiger partial charge in [0.05, 0.1) is 11.8 Å². The van der Waals surface area contributed by atoms with Crippen LogP contribution in [0.2, 0.25) is 0 Å². The number of hydrogen-bond donors (Lipinski definition) is 1. The molecule has 0 spiro atoms. The summed E-state index contributed by atoms with van der Waals surface area (Å²) < 4.78 is 1.71. The Hall–Kier alpha value is -2.09. The van der Waals surface area contributed by atoms with Gasteiger partial charge in [-0.05, 0) is 24.5 Å². The highest BCUT2D eigenvalue weighted by Crippen LogP contribution is 2.29. The van der Waals surface area contributed by atoms with Crippen molar-refractivity contribution in [1.82, 2.24) is 15.5 Å². The molecule has 0 bridgehead atoms. The number of carbonyl (C=O) groups excluding carboxylic acids is 1. The van der Waals surface area contributed by atoms with Crippen molar-refractivity contribution < 1.29 is 4.79 Å². The normalized spacial score (nSPS) is 11.8. The van der Waals surface area contributed by atoms with E-state index >= 15 is 0 Å². The number of carbonyl (C=O) groups is 1. The zero-order valence-corrected chi connectivity index (χ0v) is 18.7. The van der Waals surface area contributed by atoms with Gasteiger partial charge < -0.3 is 5.32 Å². The number of amides is 1. The molecule has 0 aliphatic carbocycles. The van der Waals surface area contributed by atoms with Crippen molar-refractivity contribution in [3.8, 4) is 0 Å². The summed E-state index contributed by atoms with van der Waals surface area (Å²) in [5.74, 6) is 1.14. The average Bonchev–Trinajstić information content (AvgIpc) is 3.20. The molecule has 1 heterocycles. The lowest BCUT2D eigenvalue weighted by atomic mass is 9.99. The molecule has 150 valence electrons. The predicted octanol–water partition coefficient (Wildman–Crippen LogP) is 5.40. The van der Waals surface area contributed by atoms with E-state index in [9.17, 15) is 4.79 Å². The fourth-order valence-electron chi connectivity index (χ4n) is 2.65. The van der Waals surface area contributed by atoms with Crippen LogP contribution in [0.5, 0.6) is 0 Å². The van der Waals surface area contributed by atoms with E-state index in [1.165, 1.54) is 28.7 Å². The highest BCUT2D eigenvalue weighted by atomic mass is 32.2. The van der Waals surface area contributed by atoms with Crippen LogP contribution in [0.3, 0.4) is 0 Å². The van der Waals surface area contributed by atoms with Gasteiger partial charge >= 0.3 is 0 Å². The fraction of sp³-hybridized carbons (Fsp3) is 0.227. The zero-order chi connectivity index (χ0) is 20.5. The maximum absolute atomic E-state index is 12.6. The molecule has 0 aliphatic heterocycles. The quantitative estimate of drug-likeness (QED) is 0.337. The maximum Gasteiger partial charge on any atom is 0.230 e. The summed E-state index contributed by atoms with van der Waals surface area (Å²) in [6, 6.07) is 20.2. The molecule has 3 rings (SSSR count). The van der Waals surface area contributed by atoms with Gasteiger partial charge in [0.25, 0.3) is 0 Å². The Morgan fingerprint density at radius 2 is 1.59 bits per heavy atom. The van der Waals surface area contributed by atoms with Gasteiger partial charge in [0, 0.05) is 5.75 Å². The van der Waals surface area contributed by atoms with Crippen molar-refractivity contribution in [1.29, 1.82) is 0 Å². The SMILES string of the molecule is C=C(C)CSc1nnc(SCC(=O)N[C@@H](Cc2ccccc2)c2ccccc2)s1. The zero-order valence-electron chi connectivity index (χ0n) is 16.2. The number of benzene rings is 2. The molecule has 4 nitrogen and oxygen atoms in total. The van der Waals surface area contributed by atoms with Crippen LogP contribution >= 0.6 is 34.9 Å². The number of thioether (sulfide) groups is 2. The van der Waals surface area contributed by atoms with Crippen LogP contribution in [0.25, 0.3) is 0 Å². The van der Waals surface area contributed by atoms with Crippen molar-refractivity contribution in [2.24, 2.45) is 0 Å². The average molecular weight is 442 g/mol. The van der Waals surface area contributed by atoms with E-state index < -0.39 is 0 Å². The molecule has 0 saturated heterocycles. The number of nitrogens with zero attached hydrogens (tertiary/aromatic N) is 2. The lowest BCUT2D eigenvalue weighted by Gasteiger charge is -2.19. The Labute approximate surface area is 184 Å². The molecule has 2 aromatic carbocycles. The lowest BCUT2D eigenvalue weighted by molar-refractivity contribution is -0.119. The highest BCUT2D eigenvalue weighted by Gasteiger charge is 2.16. The van der Waals surface area contributed by atoms with Gasteiger partial charge in [0.2, 0.25) is 5.91 Å². The minimum atomic E-state index is -0.0668. The molecule has 7 heteroatoms. The van der Waals surface area contributed by atoms with Crippen LogP contribution in [0, 0.1) is 0 Å². The molecule has 1 aromatic heterocycles. The molecule has 1 atom stereocenters. The molecule has 0 unspecified atom stereocenters. The van der Waals surface area contributed by atoms with Crippen molar-refractivity contribution in [2.75, 3.05) is 11.5 Å². The summed E-state index contributed by atoms with van der Waals surface area (Å²) in [6.07, 6.45) is 0.752. The molecular formula is C22H23N3OS3. The van der Waals surface area contributed by atoms with E-state index in [0.717, 1.165) is 32.0 Å². The highest BCUT2D eigenvalue weighted by molar-refractivity contribution is 8.03. The second-order valence-corrected chi connectivity index (χ2v) is 10.0. The van der Waals surface area contributed by atoms with Gasteiger partial charge in [0.15, 0.2) is 8.68 Å². The Kier molecular flexibility index (Phi) is 8.34. The summed E-state index contributed by atoms with van der Waals surface area (Å²) in [6.45, 7) is 5.89. The molecule has 1 amide bonds. The summed E-state index contributed by atoms with van der Waals surface area (Å²) in [7, 11) is 0. The minimum Gasteiger partial charge on any atom is -0.348 e. The molecule has 3 aromatic rings. The monoisotopic (exact) mass is 441 g/mol. The van der Waals surface area contributed by atoms with Gasteiger partial charge in [-0.3, -0.25) is 4.79 Å². The molecule has 1 N–H and O–H groups in total. The number of aromatic nitrogens is 2. The van der Waals surface area contributed by atoms with Crippen LogP contribution in [-0.2, 0) is 11.2 Å². The molecule has 29 heavy (non-hydrogen) atoms. The summed E-state index contributed by atoms with van der Waals surface area (Å²) >= 11 is 4.57. The Bertz CT molecular complexity index is 929. The standard InChI is InChI=1S/C22H23N3OS3/c1-16(2)14-27-21-24-25-22(29-21)28-15-20(26)23-19(18-11-7-4-8-12-18)13-17-9-5-3-6-10-17/h3-12,19H,1,13-15H2,2H3,(H,23,26)/t19-/m0/s1. The number of hydrogen-bond acceptors (Lipinski definition) is 6. The minimum absolute atomic E-state index is 0.00822. The molecule has 0 fully saturated rings. The van der Waals surface area contributed by atoms with Crippen molar-refractivity contribution in [3.63, 3.8) is 0 Å². The second kappa shape index (κ2) is 11.2. The Balaban J connectivity index is 1.57. The number of nitrogens with one attached hydrogen (secondary N) is 1. The van der Waals surface area contributed by atoms with E-state index in [1.54, 1.807) is 11.8 Å². The molecule has 0 saturated carbocycles. The van der Waals surface area contributed by atoms with Crippen LogP contribution in [0.4, 0.5) is 0 Å². The lowest BCUT2D eigenvalue weighted by Crippen LogP contribution is -2.31. The van der Waals surface area contributed by atoms with Crippen LogP contribution < -0.4 is 5.32 Å². The van der Waals surface area contributed by atoms with Gasteiger partial charge in [0.1, 0.15) is 0 Å². The third-order valence-corrected chi connectivity index (χ3v) is 7.40. The second-order valence-electron chi connectivity index (χ2n) is 6.59. The van der Waals surface area contributed by atoms with E-state index in [0.29, 0.717) is 5.75 Å². The summed E-state index contributed by atoms with van der Waals surface area (Å²) in [5.41, 5.74) is 3.39. The Morgan fingerprint density at radius 3 is 2.21 bits per heavy atom. The third-order valence-electron chi connectivity index (χ3n) is 3.98. The van der Waals surface area contributed by atoms with E-state index in [-0.39, 0.29) is 11.9 Å². The number of rotatable bonds is 10. The fourth-order valence-corrected chi connectivity index (χ4v) is 5.32. The maximum atomic E-state index is 12.6. The van der Waals surface area contributed by atoms with Gasteiger partial charge in [-0.2, -0.15) is 0 Å². The first-order valence-corrected chi connectivity index (χ1v) is 12.0. The van der Waals surface area contributed by atoms with E-state index in [4.69, 9.17) is 0 Å². The van der Waals surface area contributed by atoms with Crippen molar-refractivity contribution in [2.45, 2.75) is 28.1 Å². The van der Waals surface area contributed by atoms with E-state index in [2.05, 4.69) is 46.4 Å². The first-order valence-electron chi connectivity index (χ1n) is 9.22. The first-order chi connectivity index (χ1) is 14.1. The topological polar surface area (TPSA) is 54.9 Å². The van der Waals surface area contributed by atoms with Gasteiger partial charge in [-0.1, -0.05) is 108 Å². The predicted molar refractivity (Wildman–Crippen MR) is 124 cm³/mol. The van der Waals surface area contributed by atoms with Crippen LogP contribution in [0.1, 0.15) is 24.1 Å². The molecule has 0 radical (unpaired) electrons. The van der Waals surface area contributed by atoms with Crippen LogP contribution in [0.15, 0.2) is 81.5 Å². The van der Waals surface area contributed by atoms with Gasteiger partial charge in [-0.15, -0.1) is 10.2 Å². The summed E-state index contributed by atoms with van der Waals surface area (Å²) in [5, 5.41) is 11.5. The van der Waals surface area contributed by atoms with Crippen molar-refractivity contribution in [3.05, 3.63) is 83.9 Å². The smallest absolute Gasteiger partial charge is 0.230 e. The van der Waals surface area contributed by atoms with Gasteiger partial charge in [-0.25, -0.2) is 0 Å². The third kappa shape index (κ3) is 7.34. The van der Waals surface area contributed by atoms with Crippen LogP contribution in [-0.4, -0.2) is 27.6 Å². The largest absolute Gasteiger partial charge is 0.348 e. The van der Waals surface area contributed by atoms with Crippen molar-refractivity contribution >= 4 is 40.8 Å². The first kappa shape index (κ1) is 21.6. The Morgan fingerprint density at radius 1 is 1.00 bits per heavy atom.